The van der Waals surface area contributed by atoms with Gasteiger partial charge in [-0.2, -0.15) is 0 Å². The van der Waals surface area contributed by atoms with Crippen molar-refractivity contribution < 1.29 is 110 Å². The molecule has 0 saturated carbocycles. The molecule has 33 nitrogen and oxygen atoms in total. The molecular formula is C77H116N10O23. The van der Waals surface area contributed by atoms with E-state index in [0.717, 1.165) is 22.3 Å². The van der Waals surface area contributed by atoms with Gasteiger partial charge >= 0.3 is 41.9 Å². The molecule has 6 atom stereocenters. The summed E-state index contributed by atoms with van der Waals surface area (Å²) < 4.78 is 38.3. The van der Waals surface area contributed by atoms with Crippen LogP contribution in [0.4, 0.5) is 4.79 Å². The number of amides is 10. The Morgan fingerprint density at radius 3 is 0.955 bits per heavy atom. The van der Waals surface area contributed by atoms with Crippen LogP contribution in [-0.2, 0) is 105 Å². The molecule has 0 saturated heterocycles. The summed E-state index contributed by atoms with van der Waals surface area (Å²) in [4.78, 5) is 216. The Bertz CT molecular complexity index is 3550. The van der Waals surface area contributed by atoms with Crippen molar-refractivity contribution in [1.82, 2.24) is 53.2 Å². The van der Waals surface area contributed by atoms with Gasteiger partial charge in [-0.1, -0.05) is 48.5 Å². The van der Waals surface area contributed by atoms with Gasteiger partial charge in [0, 0.05) is 51.0 Å². The fourth-order valence-electron chi connectivity index (χ4n) is 10.6. The largest absolute Gasteiger partial charge is 0.460 e. The number of carbonyl (C=O) groups excluding carboxylic acids is 16. The number of ether oxygens (including phenoxy) is 7. The lowest BCUT2D eigenvalue weighted by atomic mass is 9.98. The summed E-state index contributed by atoms with van der Waals surface area (Å²) in [7, 11) is 0. The highest BCUT2D eigenvalue weighted by molar-refractivity contribution is 5.96. The molecule has 1 aliphatic carbocycles. The van der Waals surface area contributed by atoms with Crippen LogP contribution < -0.4 is 53.2 Å². The molecule has 0 heterocycles. The quantitative estimate of drug-likeness (QED) is 0.0324. The van der Waals surface area contributed by atoms with E-state index in [1.54, 1.807) is 132 Å². The highest BCUT2D eigenvalue weighted by atomic mass is 16.6. The van der Waals surface area contributed by atoms with E-state index < -0.39 is 223 Å². The van der Waals surface area contributed by atoms with Crippen LogP contribution in [0.5, 0.6) is 0 Å². The highest BCUT2D eigenvalue weighted by Crippen LogP contribution is 2.44. The second-order valence-corrected chi connectivity index (χ2v) is 32.3. The minimum absolute atomic E-state index is 0.0739. The Hall–Kier alpha value is -10.2. The van der Waals surface area contributed by atoms with Gasteiger partial charge in [-0.3, -0.25) is 57.5 Å². The third-order valence-corrected chi connectivity index (χ3v) is 15.1. The van der Waals surface area contributed by atoms with Gasteiger partial charge in [0.15, 0.2) is 0 Å². The molecule has 10 amide bonds. The number of likely N-dealkylation sites (N-methyl/N-ethyl adjacent to an activating group) is 1. The maximum absolute atomic E-state index is 14.8. The molecule has 0 fully saturated rings. The monoisotopic (exact) mass is 1550 g/mol. The Labute approximate surface area is 643 Å². The molecule has 612 valence electrons. The van der Waals surface area contributed by atoms with Crippen LogP contribution >= 0.6 is 0 Å². The van der Waals surface area contributed by atoms with E-state index >= 15 is 0 Å². The number of benzene rings is 2. The fourth-order valence-corrected chi connectivity index (χ4v) is 10.6. The molecule has 6 unspecified atom stereocenters. The zero-order valence-corrected chi connectivity index (χ0v) is 67.1. The maximum atomic E-state index is 14.8. The van der Waals surface area contributed by atoms with Crippen LogP contribution in [-0.4, -0.2) is 198 Å². The van der Waals surface area contributed by atoms with Crippen LogP contribution in [0.25, 0.3) is 11.1 Å². The molecule has 0 spiro atoms. The minimum atomic E-state index is -1.80. The highest BCUT2D eigenvalue weighted by Gasteiger charge is 2.36. The molecule has 0 aliphatic heterocycles. The van der Waals surface area contributed by atoms with Gasteiger partial charge < -0.3 is 86.3 Å². The average Bonchev–Trinajstić information content (AvgIpc) is 1.62. The maximum Gasteiger partial charge on any atom is 0.407 e. The van der Waals surface area contributed by atoms with Gasteiger partial charge in [-0.15, -0.1) is 0 Å². The van der Waals surface area contributed by atoms with Crippen molar-refractivity contribution >= 4 is 95.1 Å². The van der Waals surface area contributed by atoms with E-state index in [1.807, 2.05) is 48.5 Å². The van der Waals surface area contributed by atoms with Crippen molar-refractivity contribution in [1.29, 1.82) is 0 Å². The molecule has 2 aromatic rings. The number of nitrogens with one attached hydrogen (secondary N) is 10. The van der Waals surface area contributed by atoms with Gasteiger partial charge in [0.25, 0.3) is 0 Å². The standard InChI is InChI=1S/C77H116N10O23/c1-20-78-65(97)50(29-35-56(88)79-41-59(91)83-53(68(100)108-75(11,12)13)32-38-62(94)105-72(2,3)4)82-58(90)37-31-52(87-71(103)104-44-49-47-27-23-21-25-45(47)46-26-22-24-28-48(46)49)67(99)86-51(66(98)81-43-61(93)85-55(70(102)110-77(17,18)19)34-40-64(96)107-74(8,9)10)30-36-57(89)80-42-60(92)84-54(69(101)109-76(14,15)16)33-39-63(95)106-73(5,6)7/h21-28,49-55H,20,29-44H2,1-19H3,(H,78,97)(H,79,88)(H,80,89)(H,81,98)(H,82,90)(H,83,91)(H,84,92)(H,85,93)(H,86,99)(H,87,103). The number of carbonyl (C=O) groups is 16. The van der Waals surface area contributed by atoms with Crippen molar-refractivity contribution in [3.05, 3.63) is 59.7 Å². The first-order chi connectivity index (χ1) is 50.8. The molecule has 2 aromatic carbocycles. The van der Waals surface area contributed by atoms with Gasteiger partial charge in [0.1, 0.15) is 76.5 Å². The number of hydrogen-bond donors (Lipinski definition) is 10. The van der Waals surface area contributed by atoms with Crippen LogP contribution in [0.2, 0.25) is 0 Å². The molecule has 0 aromatic heterocycles. The Kier molecular flexibility index (Phi) is 36.4. The minimum Gasteiger partial charge on any atom is -0.460 e. The predicted octanol–water partition coefficient (Wildman–Crippen LogP) is 4.53. The first-order valence-electron chi connectivity index (χ1n) is 36.8. The number of alkyl carbamates (subject to hydrolysis) is 1. The topological polar surface area (TPSA) is 458 Å². The summed E-state index contributed by atoms with van der Waals surface area (Å²) in [6.45, 7) is 28.3. The van der Waals surface area contributed by atoms with Crippen LogP contribution in [0, 0.1) is 0 Å². The lowest BCUT2D eigenvalue weighted by Crippen LogP contribution is -2.55. The predicted molar refractivity (Wildman–Crippen MR) is 400 cm³/mol. The number of rotatable bonds is 39. The van der Waals surface area contributed by atoms with Gasteiger partial charge in [-0.25, -0.2) is 19.2 Å². The summed E-state index contributed by atoms with van der Waals surface area (Å²) in [6, 6.07) is 5.75. The first kappa shape index (κ1) is 94.0. The third kappa shape index (κ3) is 38.2. The van der Waals surface area contributed by atoms with Crippen LogP contribution in [0.1, 0.15) is 226 Å². The third-order valence-electron chi connectivity index (χ3n) is 15.1. The molecule has 10 N–H and O–H groups in total. The second kappa shape index (κ2) is 42.7. The first-order valence-corrected chi connectivity index (χ1v) is 36.8. The zero-order chi connectivity index (χ0) is 83.3. The van der Waals surface area contributed by atoms with Crippen molar-refractivity contribution in [3.8, 4) is 11.1 Å². The van der Waals surface area contributed by atoms with Gasteiger partial charge in [-0.05, 0) is 192 Å². The van der Waals surface area contributed by atoms with Crippen LogP contribution in [0.3, 0.4) is 0 Å². The Morgan fingerprint density at radius 1 is 0.318 bits per heavy atom. The summed E-state index contributed by atoms with van der Waals surface area (Å²) in [5, 5.41) is 24.6. The van der Waals surface area contributed by atoms with E-state index in [4.69, 9.17) is 33.2 Å². The number of hydrogen-bond acceptors (Lipinski definition) is 23. The molecule has 1 aliphatic rings. The van der Waals surface area contributed by atoms with E-state index in [-0.39, 0.29) is 58.1 Å². The van der Waals surface area contributed by atoms with Crippen LogP contribution in [0.15, 0.2) is 48.5 Å². The normalized spacial score (nSPS) is 13.8. The molecule has 0 bridgehead atoms. The SMILES string of the molecule is CCNC(=O)C(CCC(=O)NCC(=O)NC(CCC(=O)OC(C)(C)C)C(=O)OC(C)(C)C)NC(=O)CCC(NC(=O)OCC1c2ccccc2-c2ccccc21)C(=O)NC(CCC(=O)NCC(=O)NC(CCC(=O)OC(C)(C)C)C(=O)OC(C)(C)C)C(=O)NCC(=O)NC(CCC(=O)OC(C)(C)C)C(=O)OC(C)(C)C. The van der Waals surface area contributed by atoms with E-state index in [2.05, 4.69) is 53.2 Å². The van der Waals surface area contributed by atoms with Gasteiger partial charge in [0.2, 0.25) is 53.2 Å². The van der Waals surface area contributed by atoms with E-state index in [1.165, 1.54) is 0 Å². The summed E-state index contributed by atoms with van der Waals surface area (Å²) in [6.07, 6.45) is -6.16. The lowest BCUT2D eigenvalue weighted by Gasteiger charge is -2.25. The average molecular weight is 1550 g/mol. The van der Waals surface area contributed by atoms with Gasteiger partial charge in [0.05, 0.1) is 19.6 Å². The Morgan fingerprint density at radius 2 is 0.609 bits per heavy atom. The summed E-state index contributed by atoms with van der Waals surface area (Å²) >= 11 is 0. The fraction of sp³-hybridized carbons (Fsp3) is 0.636. The van der Waals surface area contributed by atoms with E-state index in [0.29, 0.717) is 0 Å². The van der Waals surface area contributed by atoms with Crippen molar-refractivity contribution in [2.24, 2.45) is 0 Å². The summed E-state index contributed by atoms with van der Waals surface area (Å²) in [5.41, 5.74) is -2.15. The number of fused-ring (bicyclic) bond motifs is 3. The van der Waals surface area contributed by atoms with Crippen molar-refractivity contribution in [2.45, 2.75) is 284 Å². The smallest absolute Gasteiger partial charge is 0.407 e. The molecule has 33 heteroatoms. The van der Waals surface area contributed by atoms with Crippen molar-refractivity contribution in [3.63, 3.8) is 0 Å². The second-order valence-electron chi connectivity index (χ2n) is 32.3. The Balaban J connectivity index is 1.99. The zero-order valence-electron chi connectivity index (χ0n) is 67.1. The number of esters is 6. The molecule has 0 radical (unpaired) electrons. The molecule has 3 rings (SSSR count). The summed E-state index contributed by atoms with van der Waals surface area (Å²) in [5.74, 6) is -13.5. The molecular weight excluding hydrogens is 1430 g/mol. The molecule has 110 heavy (non-hydrogen) atoms. The lowest BCUT2D eigenvalue weighted by molar-refractivity contribution is -0.161. The van der Waals surface area contributed by atoms with E-state index in [9.17, 15) is 76.7 Å². The van der Waals surface area contributed by atoms with Crippen molar-refractivity contribution in [2.75, 3.05) is 32.8 Å².